The van der Waals surface area contributed by atoms with E-state index in [9.17, 15) is 27.6 Å². The summed E-state index contributed by atoms with van der Waals surface area (Å²) in [5.74, 6) is -0.353. The molecular formula is C22H21F3N4O3. The summed E-state index contributed by atoms with van der Waals surface area (Å²) in [5, 5.41) is 5.07. The highest BCUT2D eigenvalue weighted by molar-refractivity contribution is 6.07. The molecule has 1 spiro atoms. The van der Waals surface area contributed by atoms with Gasteiger partial charge in [0.15, 0.2) is 0 Å². The van der Waals surface area contributed by atoms with Crippen LogP contribution in [0, 0.1) is 0 Å². The van der Waals surface area contributed by atoms with Crippen molar-refractivity contribution in [2.45, 2.75) is 31.1 Å². The van der Waals surface area contributed by atoms with E-state index in [2.05, 4.69) is 10.6 Å². The molecule has 32 heavy (non-hydrogen) atoms. The predicted molar refractivity (Wildman–Crippen MR) is 110 cm³/mol. The van der Waals surface area contributed by atoms with Crippen molar-refractivity contribution >= 4 is 23.7 Å². The number of nitrogens with one attached hydrogen (secondary N) is 2. The molecule has 2 aromatic rings. The van der Waals surface area contributed by atoms with Crippen molar-refractivity contribution in [3.63, 3.8) is 0 Å². The lowest BCUT2D eigenvalue weighted by Gasteiger charge is -2.37. The summed E-state index contributed by atoms with van der Waals surface area (Å²) in [4.78, 5) is 40.5. The number of carbonyl (C=O) groups is 3. The molecule has 5 amide bonds. The van der Waals surface area contributed by atoms with E-state index in [1.807, 2.05) is 30.3 Å². The fourth-order valence-corrected chi connectivity index (χ4v) is 4.05. The first kappa shape index (κ1) is 21.7. The Balaban J connectivity index is 1.40. The smallest absolute Gasteiger partial charge is 0.324 e. The Bertz CT molecular complexity index is 1030. The number of rotatable bonds is 3. The zero-order chi connectivity index (χ0) is 22.9. The van der Waals surface area contributed by atoms with Crippen molar-refractivity contribution in [2.75, 3.05) is 18.4 Å². The molecule has 0 bridgehead atoms. The zero-order valence-electron chi connectivity index (χ0n) is 17.0. The molecule has 0 aliphatic carbocycles. The number of likely N-dealkylation sites (tertiary alicyclic amines) is 1. The van der Waals surface area contributed by atoms with Crippen LogP contribution in [0.5, 0.6) is 0 Å². The van der Waals surface area contributed by atoms with E-state index in [1.165, 1.54) is 23.1 Å². The van der Waals surface area contributed by atoms with Gasteiger partial charge in [0.1, 0.15) is 5.54 Å². The molecule has 2 saturated heterocycles. The molecule has 168 valence electrons. The number of urea groups is 2. The molecule has 2 fully saturated rings. The Morgan fingerprint density at radius 1 is 1.00 bits per heavy atom. The van der Waals surface area contributed by atoms with Gasteiger partial charge in [0.05, 0.1) is 17.8 Å². The minimum absolute atomic E-state index is 0.116. The SMILES string of the molecule is O=C(Nc1ccccc1C(F)(F)F)N1CCC2(CC1)NC(=O)N(Cc1ccccc1)C2=O. The van der Waals surface area contributed by atoms with Crippen LogP contribution in [-0.4, -0.2) is 46.4 Å². The first-order chi connectivity index (χ1) is 15.2. The number of para-hydroxylation sites is 1. The van der Waals surface area contributed by atoms with Gasteiger partial charge >= 0.3 is 18.2 Å². The summed E-state index contributed by atoms with van der Waals surface area (Å²) >= 11 is 0. The number of hydrogen-bond donors (Lipinski definition) is 2. The average Bonchev–Trinajstić information content (AvgIpc) is 2.98. The quantitative estimate of drug-likeness (QED) is 0.704. The highest BCUT2D eigenvalue weighted by atomic mass is 19.4. The van der Waals surface area contributed by atoms with Crippen LogP contribution in [0.15, 0.2) is 54.6 Å². The Kier molecular flexibility index (Phi) is 5.53. The summed E-state index contributed by atoms with van der Waals surface area (Å²) in [5.41, 5.74) is -1.55. The normalized spacial score (nSPS) is 18.1. The molecule has 4 rings (SSSR count). The number of anilines is 1. The number of halogens is 3. The molecule has 2 aromatic carbocycles. The molecule has 0 aromatic heterocycles. The molecule has 7 nitrogen and oxygen atoms in total. The van der Waals surface area contributed by atoms with Crippen molar-refractivity contribution in [1.29, 1.82) is 0 Å². The lowest BCUT2D eigenvalue weighted by molar-refractivity contribution is -0.137. The second-order valence-electron chi connectivity index (χ2n) is 7.85. The number of imide groups is 1. The van der Waals surface area contributed by atoms with Gasteiger partial charge in [0, 0.05) is 13.1 Å². The maximum Gasteiger partial charge on any atom is 0.418 e. The van der Waals surface area contributed by atoms with Crippen LogP contribution >= 0.6 is 0 Å². The van der Waals surface area contributed by atoms with Crippen molar-refractivity contribution in [3.05, 3.63) is 65.7 Å². The predicted octanol–water partition coefficient (Wildman–Crippen LogP) is 3.82. The standard InChI is InChI=1S/C22H21F3N4O3/c23-22(24,25)16-8-4-5-9-17(16)26-19(31)28-12-10-21(11-13-28)18(30)29(20(32)27-21)14-15-6-2-1-3-7-15/h1-9H,10-14H2,(H,26,31)(H,27,32). The van der Waals surface area contributed by atoms with E-state index in [0.29, 0.717) is 0 Å². The van der Waals surface area contributed by atoms with Crippen molar-refractivity contribution < 1.29 is 27.6 Å². The zero-order valence-corrected chi connectivity index (χ0v) is 17.0. The number of alkyl halides is 3. The van der Waals surface area contributed by atoms with Crippen LogP contribution in [0.2, 0.25) is 0 Å². The van der Waals surface area contributed by atoms with E-state index in [-0.39, 0.29) is 44.1 Å². The Morgan fingerprint density at radius 3 is 2.28 bits per heavy atom. The monoisotopic (exact) mass is 446 g/mol. The van der Waals surface area contributed by atoms with Gasteiger partial charge in [-0.05, 0) is 30.5 Å². The number of carbonyl (C=O) groups excluding carboxylic acids is 3. The maximum absolute atomic E-state index is 13.2. The summed E-state index contributed by atoms with van der Waals surface area (Å²) in [6.07, 6.45) is -4.24. The van der Waals surface area contributed by atoms with Crippen LogP contribution in [0.4, 0.5) is 28.4 Å². The molecule has 2 N–H and O–H groups in total. The van der Waals surface area contributed by atoms with E-state index in [0.717, 1.165) is 16.5 Å². The van der Waals surface area contributed by atoms with Crippen molar-refractivity contribution in [2.24, 2.45) is 0 Å². The number of nitrogens with zero attached hydrogens (tertiary/aromatic N) is 2. The fourth-order valence-electron chi connectivity index (χ4n) is 4.05. The van der Waals surface area contributed by atoms with E-state index in [1.54, 1.807) is 0 Å². The number of amides is 5. The largest absolute Gasteiger partial charge is 0.418 e. The first-order valence-electron chi connectivity index (χ1n) is 10.1. The van der Waals surface area contributed by atoms with E-state index in [4.69, 9.17) is 0 Å². The van der Waals surface area contributed by atoms with Gasteiger partial charge in [-0.2, -0.15) is 13.2 Å². The molecule has 0 atom stereocenters. The molecule has 0 unspecified atom stereocenters. The van der Waals surface area contributed by atoms with Crippen LogP contribution in [0.1, 0.15) is 24.0 Å². The van der Waals surface area contributed by atoms with Crippen LogP contribution < -0.4 is 10.6 Å². The fraction of sp³-hybridized carbons (Fsp3) is 0.318. The maximum atomic E-state index is 13.2. The van der Waals surface area contributed by atoms with Gasteiger partial charge in [0.2, 0.25) is 0 Å². The number of piperidine rings is 1. The highest BCUT2D eigenvalue weighted by Gasteiger charge is 2.52. The summed E-state index contributed by atoms with van der Waals surface area (Å²) in [6, 6.07) is 12.7. The van der Waals surface area contributed by atoms with Crippen molar-refractivity contribution in [1.82, 2.24) is 15.1 Å². The number of benzene rings is 2. The van der Waals surface area contributed by atoms with Gasteiger partial charge in [-0.1, -0.05) is 42.5 Å². The third kappa shape index (κ3) is 4.12. The third-order valence-corrected chi connectivity index (χ3v) is 5.81. The molecule has 2 aliphatic rings. The second kappa shape index (κ2) is 8.18. The van der Waals surface area contributed by atoms with Gasteiger partial charge in [-0.25, -0.2) is 9.59 Å². The lowest BCUT2D eigenvalue weighted by atomic mass is 9.87. The third-order valence-electron chi connectivity index (χ3n) is 5.81. The Morgan fingerprint density at radius 2 is 1.62 bits per heavy atom. The van der Waals surface area contributed by atoms with Gasteiger partial charge in [-0.15, -0.1) is 0 Å². The Labute approximate surface area is 182 Å². The summed E-state index contributed by atoms with van der Waals surface area (Å²) in [6.45, 7) is 0.377. The second-order valence-corrected chi connectivity index (χ2v) is 7.85. The average molecular weight is 446 g/mol. The minimum Gasteiger partial charge on any atom is -0.324 e. The lowest BCUT2D eigenvalue weighted by Crippen LogP contribution is -2.56. The highest BCUT2D eigenvalue weighted by Crippen LogP contribution is 2.35. The topological polar surface area (TPSA) is 81.8 Å². The van der Waals surface area contributed by atoms with Gasteiger partial charge < -0.3 is 15.5 Å². The van der Waals surface area contributed by atoms with E-state index >= 15 is 0 Å². The van der Waals surface area contributed by atoms with Crippen LogP contribution in [0.25, 0.3) is 0 Å². The molecule has 10 heteroatoms. The minimum atomic E-state index is -4.60. The Hall–Kier alpha value is -3.56. The summed E-state index contributed by atoms with van der Waals surface area (Å²) < 4.78 is 39.5. The molecule has 2 aliphatic heterocycles. The van der Waals surface area contributed by atoms with E-state index < -0.39 is 29.3 Å². The molecule has 0 radical (unpaired) electrons. The number of hydrogen-bond acceptors (Lipinski definition) is 3. The van der Waals surface area contributed by atoms with Crippen LogP contribution in [-0.2, 0) is 17.5 Å². The van der Waals surface area contributed by atoms with Gasteiger partial charge in [-0.3, -0.25) is 9.69 Å². The molecule has 2 heterocycles. The van der Waals surface area contributed by atoms with Crippen LogP contribution in [0.3, 0.4) is 0 Å². The van der Waals surface area contributed by atoms with Crippen molar-refractivity contribution in [3.8, 4) is 0 Å². The first-order valence-corrected chi connectivity index (χ1v) is 10.1. The summed E-state index contributed by atoms with van der Waals surface area (Å²) in [7, 11) is 0. The van der Waals surface area contributed by atoms with Gasteiger partial charge in [0.25, 0.3) is 5.91 Å². The molecular weight excluding hydrogens is 425 g/mol. The molecule has 0 saturated carbocycles.